The lowest BCUT2D eigenvalue weighted by Crippen LogP contribution is -2.19. The van der Waals surface area contributed by atoms with Gasteiger partial charge in [0.25, 0.3) is 0 Å². The van der Waals surface area contributed by atoms with Gasteiger partial charge in [-0.2, -0.15) is 0 Å². The maximum atomic E-state index is 9.92. The summed E-state index contributed by atoms with van der Waals surface area (Å²) in [6.07, 6.45) is 0.652. The zero-order valence-corrected chi connectivity index (χ0v) is 15.3. The zero-order chi connectivity index (χ0) is 17.6. The van der Waals surface area contributed by atoms with Crippen LogP contribution >= 0.6 is 0 Å². The summed E-state index contributed by atoms with van der Waals surface area (Å²) in [6, 6.07) is 0. The van der Waals surface area contributed by atoms with E-state index in [2.05, 4.69) is 31.4 Å². The Morgan fingerprint density at radius 3 is 1.43 bits per heavy atom. The Morgan fingerprint density at radius 1 is 0.739 bits per heavy atom. The monoisotopic (exact) mass is 336 g/mol. The average Bonchev–Trinajstić information content (AvgIpc) is 2.50. The summed E-state index contributed by atoms with van der Waals surface area (Å²) in [5, 5.41) is 5.51. The van der Waals surface area contributed by atoms with Crippen LogP contribution in [0.3, 0.4) is 0 Å². The van der Waals surface area contributed by atoms with E-state index < -0.39 is 0 Å². The quantitative estimate of drug-likeness (QED) is 0.319. The molecule has 23 heavy (non-hydrogen) atoms. The topological polar surface area (TPSA) is 78.1 Å². The van der Waals surface area contributed by atoms with Crippen LogP contribution < -0.4 is 10.6 Å². The van der Waals surface area contributed by atoms with Crippen molar-refractivity contribution in [3.05, 3.63) is 0 Å². The first-order valence-corrected chi connectivity index (χ1v) is 8.27. The van der Waals surface area contributed by atoms with Crippen LogP contribution in [0.5, 0.6) is 0 Å². The Hall–Kier alpha value is -0.730. The molecular formula is C16H36N2O5. The van der Waals surface area contributed by atoms with Crippen LogP contribution in [0.2, 0.25) is 0 Å². The number of rotatable bonds is 16. The summed E-state index contributed by atoms with van der Waals surface area (Å²) >= 11 is 0. The lowest BCUT2D eigenvalue weighted by atomic mass is 10.3. The van der Waals surface area contributed by atoms with Gasteiger partial charge in [0.1, 0.15) is 0 Å². The van der Waals surface area contributed by atoms with Gasteiger partial charge in [0.05, 0.1) is 52.9 Å². The molecule has 0 saturated heterocycles. The van der Waals surface area contributed by atoms with E-state index in [9.17, 15) is 4.79 Å². The van der Waals surface area contributed by atoms with Gasteiger partial charge in [-0.25, -0.2) is 0 Å². The second-order valence-corrected chi connectivity index (χ2v) is 5.36. The van der Waals surface area contributed by atoms with E-state index in [1.54, 1.807) is 0 Å². The van der Waals surface area contributed by atoms with Gasteiger partial charge in [-0.05, 0) is 13.0 Å². The van der Waals surface area contributed by atoms with Gasteiger partial charge >= 0.3 is 0 Å². The van der Waals surface area contributed by atoms with Crippen LogP contribution in [0.15, 0.2) is 0 Å². The van der Waals surface area contributed by atoms with Gasteiger partial charge in [0.2, 0.25) is 6.41 Å². The molecule has 0 aromatic carbocycles. The van der Waals surface area contributed by atoms with Gasteiger partial charge in [-0.1, -0.05) is 20.8 Å². The normalized spacial score (nSPS) is 10.3. The summed E-state index contributed by atoms with van der Waals surface area (Å²) in [7, 11) is 1.89. The second-order valence-electron chi connectivity index (χ2n) is 5.36. The molecular weight excluding hydrogens is 300 g/mol. The third-order valence-corrected chi connectivity index (χ3v) is 2.09. The maximum absolute atomic E-state index is 9.92. The molecule has 1 amide bonds. The maximum Gasteiger partial charge on any atom is 0.207 e. The van der Waals surface area contributed by atoms with Crippen LogP contribution in [0.1, 0.15) is 20.8 Å². The molecule has 0 aliphatic heterocycles. The number of amides is 1. The minimum Gasteiger partial charge on any atom is -0.378 e. The van der Waals surface area contributed by atoms with E-state index in [4.69, 9.17) is 18.9 Å². The predicted molar refractivity (Wildman–Crippen MR) is 91.8 cm³/mol. The van der Waals surface area contributed by atoms with Crippen LogP contribution in [-0.2, 0) is 23.7 Å². The van der Waals surface area contributed by atoms with Gasteiger partial charge in [0.15, 0.2) is 0 Å². The van der Waals surface area contributed by atoms with Gasteiger partial charge in [-0.15, -0.1) is 0 Å². The third-order valence-electron chi connectivity index (χ3n) is 2.09. The molecule has 2 N–H and O–H groups in total. The van der Waals surface area contributed by atoms with Crippen molar-refractivity contribution in [2.24, 2.45) is 5.92 Å². The number of hydrogen-bond acceptors (Lipinski definition) is 6. The average molecular weight is 336 g/mol. The van der Waals surface area contributed by atoms with Crippen molar-refractivity contribution in [2.45, 2.75) is 20.8 Å². The Bertz CT molecular complexity index is 216. The minimum absolute atomic E-state index is 0.503. The molecule has 0 fully saturated rings. The van der Waals surface area contributed by atoms with Gasteiger partial charge in [0, 0.05) is 13.1 Å². The molecule has 0 aliphatic carbocycles. The van der Waals surface area contributed by atoms with Gasteiger partial charge < -0.3 is 29.6 Å². The molecule has 7 nitrogen and oxygen atoms in total. The number of ether oxygens (including phenoxy) is 4. The van der Waals surface area contributed by atoms with Crippen molar-refractivity contribution in [1.29, 1.82) is 0 Å². The number of nitrogens with one attached hydrogen (secondary N) is 2. The number of likely N-dealkylation sites (N-methyl/N-ethyl adjacent to an activating group) is 1. The highest BCUT2D eigenvalue weighted by Gasteiger charge is 1.92. The molecule has 0 aromatic rings. The number of hydrogen-bond donors (Lipinski definition) is 2. The molecule has 0 bridgehead atoms. The fourth-order valence-corrected chi connectivity index (χ4v) is 1.13. The Morgan fingerprint density at radius 2 is 1.09 bits per heavy atom. The first-order chi connectivity index (χ1) is 11.1. The van der Waals surface area contributed by atoms with Crippen molar-refractivity contribution in [3.63, 3.8) is 0 Å². The third kappa shape index (κ3) is 33.9. The van der Waals surface area contributed by atoms with Crippen molar-refractivity contribution >= 4 is 6.41 Å². The Balaban J connectivity index is 0. The SMILES string of the molecule is CC(C)C.CNCCOCCOCCOCCOCCNC=O. The summed E-state index contributed by atoms with van der Waals surface area (Å²) in [5.74, 6) is 0.833. The standard InChI is InChI=1S/C12H26N2O5.C4H10/c1-13-2-4-16-6-8-18-10-11-19-9-7-17-5-3-14-12-15;1-4(2)3/h12-13H,2-11H2,1H3,(H,14,15);4H,1-3H3. The van der Waals surface area contributed by atoms with E-state index in [0.29, 0.717) is 65.8 Å². The van der Waals surface area contributed by atoms with Crippen molar-refractivity contribution in [3.8, 4) is 0 Å². The van der Waals surface area contributed by atoms with Crippen LogP contribution in [-0.4, -0.2) is 79.4 Å². The highest BCUT2D eigenvalue weighted by Crippen LogP contribution is 1.82. The summed E-state index contributed by atoms with van der Waals surface area (Å²) in [6.45, 7) is 12.4. The molecule has 0 rings (SSSR count). The summed E-state index contributed by atoms with van der Waals surface area (Å²) < 4.78 is 21.1. The lowest BCUT2D eigenvalue weighted by Gasteiger charge is -2.07. The van der Waals surface area contributed by atoms with E-state index in [1.807, 2.05) is 7.05 Å². The smallest absolute Gasteiger partial charge is 0.207 e. The molecule has 0 atom stereocenters. The highest BCUT2D eigenvalue weighted by atomic mass is 16.6. The van der Waals surface area contributed by atoms with E-state index in [0.717, 1.165) is 12.5 Å². The largest absolute Gasteiger partial charge is 0.378 e. The highest BCUT2D eigenvalue weighted by molar-refractivity contribution is 5.45. The zero-order valence-electron chi connectivity index (χ0n) is 15.3. The molecule has 7 heteroatoms. The summed E-state index contributed by atoms with van der Waals surface area (Å²) in [5.41, 5.74) is 0. The first kappa shape index (κ1) is 24.5. The molecule has 0 aromatic heterocycles. The molecule has 0 spiro atoms. The fraction of sp³-hybridized carbons (Fsp3) is 0.938. The Kier molecular flexibility index (Phi) is 25.1. The first-order valence-electron chi connectivity index (χ1n) is 8.27. The van der Waals surface area contributed by atoms with E-state index in [-0.39, 0.29) is 0 Å². The van der Waals surface area contributed by atoms with Crippen molar-refractivity contribution in [1.82, 2.24) is 10.6 Å². The van der Waals surface area contributed by atoms with E-state index >= 15 is 0 Å². The second kappa shape index (κ2) is 23.5. The predicted octanol–water partition coefficient (Wildman–Crippen LogP) is 0.681. The Labute approximate surface area is 141 Å². The van der Waals surface area contributed by atoms with Crippen molar-refractivity contribution in [2.75, 3.05) is 73.0 Å². The molecule has 140 valence electrons. The van der Waals surface area contributed by atoms with Crippen LogP contribution in [0.4, 0.5) is 0 Å². The van der Waals surface area contributed by atoms with Crippen molar-refractivity contribution < 1.29 is 23.7 Å². The van der Waals surface area contributed by atoms with Crippen LogP contribution in [0.25, 0.3) is 0 Å². The lowest BCUT2D eigenvalue weighted by molar-refractivity contribution is -0.109. The molecule has 0 aliphatic rings. The fourth-order valence-electron chi connectivity index (χ4n) is 1.13. The van der Waals surface area contributed by atoms with Gasteiger partial charge in [-0.3, -0.25) is 4.79 Å². The van der Waals surface area contributed by atoms with Crippen LogP contribution in [0, 0.1) is 5.92 Å². The minimum atomic E-state index is 0.503. The molecule has 0 unspecified atom stereocenters. The van der Waals surface area contributed by atoms with E-state index in [1.165, 1.54) is 0 Å². The number of carbonyl (C=O) groups is 1. The number of carbonyl (C=O) groups excluding carboxylic acids is 1. The summed E-state index contributed by atoms with van der Waals surface area (Å²) in [4.78, 5) is 9.92. The molecule has 0 heterocycles. The molecule has 0 radical (unpaired) electrons. The molecule has 0 saturated carbocycles.